The Morgan fingerprint density at radius 3 is 2.08 bits per heavy atom. The van der Waals surface area contributed by atoms with Crippen LogP contribution in [0.15, 0.2) is 60.7 Å². The maximum absolute atomic E-state index is 12.7. The van der Waals surface area contributed by atoms with Gasteiger partial charge in [0.2, 0.25) is 5.91 Å². The van der Waals surface area contributed by atoms with Gasteiger partial charge >= 0.3 is 0 Å². The number of carbonyl (C=O) groups excluding carboxylic acids is 1. The third-order valence-corrected chi connectivity index (χ3v) is 4.93. The van der Waals surface area contributed by atoms with Crippen LogP contribution in [0.25, 0.3) is 0 Å². The van der Waals surface area contributed by atoms with Gasteiger partial charge in [-0.1, -0.05) is 74.5 Å². The van der Waals surface area contributed by atoms with Crippen molar-refractivity contribution in [2.24, 2.45) is 17.8 Å². The SMILES string of the molecule is COCC(C(=O)NCc1ccccc1)C(C)C(C)Cc1ccccc1. The Kier molecular flexibility index (Phi) is 7.68. The van der Waals surface area contributed by atoms with Crippen molar-refractivity contribution in [3.8, 4) is 0 Å². The van der Waals surface area contributed by atoms with E-state index in [2.05, 4.69) is 43.4 Å². The average molecular weight is 339 g/mol. The van der Waals surface area contributed by atoms with Gasteiger partial charge in [-0.05, 0) is 29.4 Å². The number of methoxy groups -OCH3 is 1. The zero-order valence-corrected chi connectivity index (χ0v) is 15.4. The van der Waals surface area contributed by atoms with E-state index in [1.807, 2.05) is 36.4 Å². The Labute approximate surface area is 151 Å². The standard InChI is InChI=1S/C22H29NO2/c1-17(14-19-10-6-4-7-11-19)18(2)21(16-25-3)22(24)23-15-20-12-8-5-9-13-20/h4-13,17-18,21H,14-16H2,1-3H3,(H,23,24). The summed E-state index contributed by atoms with van der Waals surface area (Å²) in [5.41, 5.74) is 2.42. The van der Waals surface area contributed by atoms with Crippen LogP contribution in [-0.2, 0) is 22.5 Å². The van der Waals surface area contributed by atoms with Crippen LogP contribution in [-0.4, -0.2) is 19.6 Å². The van der Waals surface area contributed by atoms with E-state index in [-0.39, 0.29) is 17.7 Å². The summed E-state index contributed by atoms with van der Waals surface area (Å²) in [6.07, 6.45) is 0.966. The van der Waals surface area contributed by atoms with Gasteiger partial charge in [0.25, 0.3) is 0 Å². The maximum Gasteiger partial charge on any atom is 0.225 e. The zero-order valence-electron chi connectivity index (χ0n) is 15.4. The Morgan fingerprint density at radius 1 is 0.960 bits per heavy atom. The molecule has 0 aliphatic rings. The molecular formula is C22H29NO2. The number of carbonyl (C=O) groups is 1. The van der Waals surface area contributed by atoms with Crippen molar-refractivity contribution < 1.29 is 9.53 Å². The van der Waals surface area contributed by atoms with Crippen LogP contribution < -0.4 is 5.32 Å². The van der Waals surface area contributed by atoms with Gasteiger partial charge in [0.1, 0.15) is 0 Å². The topological polar surface area (TPSA) is 38.3 Å². The molecule has 1 N–H and O–H groups in total. The lowest BCUT2D eigenvalue weighted by atomic mass is 9.80. The Balaban J connectivity index is 1.96. The molecule has 25 heavy (non-hydrogen) atoms. The van der Waals surface area contributed by atoms with Gasteiger partial charge in [-0.25, -0.2) is 0 Å². The molecule has 3 unspecified atom stereocenters. The summed E-state index contributed by atoms with van der Waals surface area (Å²) < 4.78 is 5.34. The Bertz CT molecular complexity index is 627. The molecule has 134 valence electrons. The molecule has 0 heterocycles. The first-order chi connectivity index (χ1) is 12.1. The number of ether oxygens (including phenoxy) is 1. The van der Waals surface area contributed by atoms with Crippen LogP contribution in [0.2, 0.25) is 0 Å². The predicted molar refractivity (Wildman–Crippen MR) is 102 cm³/mol. The van der Waals surface area contributed by atoms with Crippen molar-refractivity contribution in [3.05, 3.63) is 71.8 Å². The van der Waals surface area contributed by atoms with E-state index in [9.17, 15) is 4.79 Å². The quantitative estimate of drug-likeness (QED) is 0.747. The summed E-state index contributed by atoms with van der Waals surface area (Å²) in [6.45, 7) is 5.37. The molecule has 0 fully saturated rings. The van der Waals surface area contributed by atoms with Crippen molar-refractivity contribution in [2.45, 2.75) is 26.8 Å². The molecule has 3 nitrogen and oxygen atoms in total. The second-order valence-electron chi connectivity index (χ2n) is 6.79. The summed E-state index contributed by atoms with van der Waals surface area (Å²) in [7, 11) is 1.66. The van der Waals surface area contributed by atoms with Gasteiger partial charge in [-0.3, -0.25) is 4.79 Å². The summed E-state index contributed by atoms with van der Waals surface area (Å²) in [6, 6.07) is 20.4. The molecule has 0 bridgehead atoms. The highest BCUT2D eigenvalue weighted by molar-refractivity contribution is 5.79. The first-order valence-corrected chi connectivity index (χ1v) is 8.96. The molecule has 0 aliphatic carbocycles. The molecule has 0 aliphatic heterocycles. The van der Waals surface area contributed by atoms with Crippen molar-refractivity contribution >= 4 is 5.91 Å². The molecule has 1 amide bonds. The van der Waals surface area contributed by atoms with Gasteiger partial charge in [-0.2, -0.15) is 0 Å². The third kappa shape index (κ3) is 6.02. The van der Waals surface area contributed by atoms with E-state index in [4.69, 9.17) is 4.74 Å². The van der Waals surface area contributed by atoms with E-state index < -0.39 is 0 Å². The fraction of sp³-hybridized carbons (Fsp3) is 0.409. The van der Waals surface area contributed by atoms with E-state index in [1.54, 1.807) is 7.11 Å². The largest absolute Gasteiger partial charge is 0.384 e. The van der Waals surface area contributed by atoms with Crippen LogP contribution in [0, 0.1) is 17.8 Å². The van der Waals surface area contributed by atoms with Crippen molar-refractivity contribution in [1.82, 2.24) is 5.32 Å². The minimum absolute atomic E-state index is 0.0677. The lowest BCUT2D eigenvalue weighted by Crippen LogP contribution is -2.38. The Hall–Kier alpha value is -2.13. The highest BCUT2D eigenvalue weighted by atomic mass is 16.5. The molecule has 2 aromatic rings. The van der Waals surface area contributed by atoms with Crippen LogP contribution in [0.1, 0.15) is 25.0 Å². The van der Waals surface area contributed by atoms with Gasteiger partial charge in [0.15, 0.2) is 0 Å². The number of rotatable bonds is 9. The fourth-order valence-electron chi connectivity index (χ4n) is 3.13. The average Bonchev–Trinajstić information content (AvgIpc) is 2.65. The van der Waals surface area contributed by atoms with Crippen molar-refractivity contribution in [1.29, 1.82) is 0 Å². The van der Waals surface area contributed by atoms with Crippen LogP contribution >= 0.6 is 0 Å². The minimum atomic E-state index is -0.146. The highest BCUT2D eigenvalue weighted by Crippen LogP contribution is 2.25. The zero-order chi connectivity index (χ0) is 18.1. The normalized spacial score (nSPS) is 14.5. The molecule has 3 heteroatoms. The molecule has 0 saturated heterocycles. The number of hydrogen-bond acceptors (Lipinski definition) is 2. The number of benzene rings is 2. The molecule has 0 spiro atoms. The molecule has 0 saturated carbocycles. The summed E-state index contributed by atoms with van der Waals surface area (Å²) in [5, 5.41) is 3.06. The lowest BCUT2D eigenvalue weighted by Gasteiger charge is -2.28. The summed E-state index contributed by atoms with van der Waals surface area (Å²) in [4.78, 5) is 12.7. The monoisotopic (exact) mass is 339 g/mol. The van der Waals surface area contributed by atoms with Gasteiger partial charge in [-0.15, -0.1) is 0 Å². The molecular weight excluding hydrogens is 310 g/mol. The number of nitrogens with one attached hydrogen (secondary N) is 1. The minimum Gasteiger partial charge on any atom is -0.384 e. The molecule has 0 radical (unpaired) electrons. The summed E-state index contributed by atoms with van der Waals surface area (Å²) in [5.74, 6) is 0.548. The van der Waals surface area contributed by atoms with E-state index >= 15 is 0 Å². The second kappa shape index (κ2) is 10.00. The smallest absolute Gasteiger partial charge is 0.225 e. The van der Waals surface area contributed by atoms with E-state index in [1.165, 1.54) is 5.56 Å². The molecule has 2 aromatic carbocycles. The number of hydrogen-bond donors (Lipinski definition) is 1. The van der Waals surface area contributed by atoms with Gasteiger partial charge in [0.05, 0.1) is 12.5 Å². The first-order valence-electron chi connectivity index (χ1n) is 8.96. The predicted octanol–water partition coefficient (Wildman–Crippen LogP) is 4.08. The second-order valence-corrected chi connectivity index (χ2v) is 6.79. The highest BCUT2D eigenvalue weighted by Gasteiger charge is 2.29. The maximum atomic E-state index is 12.7. The summed E-state index contributed by atoms with van der Waals surface area (Å²) >= 11 is 0. The van der Waals surface area contributed by atoms with E-state index in [0.29, 0.717) is 19.1 Å². The molecule has 2 rings (SSSR count). The van der Waals surface area contributed by atoms with Crippen LogP contribution in [0.3, 0.4) is 0 Å². The lowest BCUT2D eigenvalue weighted by molar-refractivity contribution is -0.129. The van der Waals surface area contributed by atoms with Crippen molar-refractivity contribution in [2.75, 3.05) is 13.7 Å². The van der Waals surface area contributed by atoms with E-state index in [0.717, 1.165) is 12.0 Å². The number of amides is 1. The van der Waals surface area contributed by atoms with Gasteiger partial charge < -0.3 is 10.1 Å². The fourth-order valence-corrected chi connectivity index (χ4v) is 3.13. The van der Waals surface area contributed by atoms with Crippen LogP contribution in [0.4, 0.5) is 0 Å². The first kappa shape index (κ1) is 19.2. The Morgan fingerprint density at radius 2 is 1.52 bits per heavy atom. The molecule has 3 atom stereocenters. The van der Waals surface area contributed by atoms with Crippen LogP contribution in [0.5, 0.6) is 0 Å². The van der Waals surface area contributed by atoms with Crippen molar-refractivity contribution in [3.63, 3.8) is 0 Å². The third-order valence-electron chi connectivity index (χ3n) is 4.93. The van der Waals surface area contributed by atoms with Gasteiger partial charge in [0, 0.05) is 13.7 Å². The molecule has 0 aromatic heterocycles.